The van der Waals surface area contributed by atoms with Gasteiger partial charge < -0.3 is 10.5 Å². The molecule has 0 unspecified atom stereocenters. The van der Waals surface area contributed by atoms with Crippen molar-refractivity contribution in [3.8, 4) is 0 Å². The third kappa shape index (κ3) is 2.17. The second kappa shape index (κ2) is 3.90. The lowest BCUT2D eigenvalue weighted by atomic mass is 10.0. The Morgan fingerprint density at radius 1 is 1.35 bits per heavy atom. The predicted octanol–water partition coefficient (Wildman–Crippen LogP) is 2.23. The van der Waals surface area contributed by atoms with Crippen molar-refractivity contribution < 1.29 is 22.3 Å². The fourth-order valence-corrected chi connectivity index (χ4v) is 1.66. The number of hydrogen-bond acceptors (Lipinski definition) is 3. The van der Waals surface area contributed by atoms with Crippen LogP contribution in [0.5, 0.6) is 0 Å². The largest absolute Gasteiger partial charge is 0.463 e. The van der Waals surface area contributed by atoms with E-state index in [0.29, 0.717) is 0 Å². The predicted molar refractivity (Wildman–Crippen MR) is 51.7 cm³/mol. The maximum atomic E-state index is 13.5. The standard InChI is InChI=1S/C10H8F4N2O/c11-6-3-1-2-5(10(12,13)14)8(6)7-4-17-9(15)16-7/h1-3,7H,4H2,(H2,15,16)/t7-/m1/s1. The molecule has 0 bridgehead atoms. The number of amidine groups is 1. The number of benzene rings is 1. The molecule has 1 aromatic rings. The molecular weight excluding hydrogens is 240 g/mol. The van der Waals surface area contributed by atoms with Crippen LogP contribution in [-0.4, -0.2) is 12.6 Å². The van der Waals surface area contributed by atoms with Crippen molar-refractivity contribution in [2.24, 2.45) is 10.7 Å². The van der Waals surface area contributed by atoms with E-state index >= 15 is 0 Å². The quantitative estimate of drug-likeness (QED) is 0.775. The number of rotatable bonds is 1. The maximum absolute atomic E-state index is 13.5. The normalized spacial score (nSPS) is 20.0. The molecule has 1 aliphatic rings. The first-order valence-electron chi connectivity index (χ1n) is 4.71. The van der Waals surface area contributed by atoms with Crippen LogP contribution in [0.2, 0.25) is 0 Å². The number of hydrogen-bond donors (Lipinski definition) is 1. The highest BCUT2D eigenvalue weighted by atomic mass is 19.4. The minimum absolute atomic E-state index is 0.185. The number of halogens is 4. The van der Waals surface area contributed by atoms with Gasteiger partial charge in [0, 0.05) is 5.56 Å². The van der Waals surface area contributed by atoms with Crippen molar-refractivity contribution in [2.75, 3.05) is 6.61 Å². The third-order valence-corrected chi connectivity index (χ3v) is 2.36. The average Bonchev–Trinajstić information content (AvgIpc) is 2.63. The van der Waals surface area contributed by atoms with Gasteiger partial charge in [-0.1, -0.05) is 6.07 Å². The van der Waals surface area contributed by atoms with Crippen LogP contribution in [0.25, 0.3) is 0 Å². The van der Waals surface area contributed by atoms with Crippen LogP contribution in [0.4, 0.5) is 17.6 Å². The lowest BCUT2D eigenvalue weighted by Gasteiger charge is -2.15. The second-order valence-corrected chi connectivity index (χ2v) is 3.49. The van der Waals surface area contributed by atoms with Crippen molar-refractivity contribution in [1.29, 1.82) is 0 Å². The fourth-order valence-electron chi connectivity index (χ4n) is 1.66. The molecule has 0 radical (unpaired) electrons. The molecule has 0 amide bonds. The Kier molecular flexibility index (Phi) is 2.68. The van der Waals surface area contributed by atoms with Gasteiger partial charge in [0.05, 0.1) is 5.56 Å². The molecule has 2 N–H and O–H groups in total. The Bertz CT molecular complexity index is 470. The summed E-state index contributed by atoms with van der Waals surface area (Å²) in [6, 6.07) is 1.49. The maximum Gasteiger partial charge on any atom is 0.416 e. The van der Waals surface area contributed by atoms with Gasteiger partial charge in [-0.3, -0.25) is 0 Å². The Hall–Kier alpha value is -1.79. The van der Waals surface area contributed by atoms with Crippen LogP contribution in [-0.2, 0) is 10.9 Å². The van der Waals surface area contributed by atoms with E-state index in [4.69, 9.17) is 10.5 Å². The SMILES string of the molecule is NC1=N[C@@H](c2c(F)cccc2C(F)(F)F)CO1. The lowest BCUT2D eigenvalue weighted by Crippen LogP contribution is -2.14. The van der Waals surface area contributed by atoms with E-state index < -0.39 is 29.2 Å². The molecule has 92 valence electrons. The first-order chi connectivity index (χ1) is 7.89. The smallest absolute Gasteiger partial charge is 0.416 e. The summed E-state index contributed by atoms with van der Waals surface area (Å²) in [4.78, 5) is 3.63. The summed E-state index contributed by atoms with van der Waals surface area (Å²) >= 11 is 0. The molecule has 2 rings (SSSR count). The van der Waals surface area contributed by atoms with Gasteiger partial charge in [0.2, 0.25) is 0 Å². The van der Waals surface area contributed by atoms with Crippen LogP contribution >= 0.6 is 0 Å². The first kappa shape index (κ1) is 11.7. The van der Waals surface area contributed by atoms with Crippen molar-refractivity contribution in [3.05, 3.63) is 35.1 Å². The van der Waals surface area contributed by atoms with E-state index in [2.05, 4.69) is 4.99 Å². The Labute approximate surface area is 93.9 Å². The van der Waals surface area contributed by atoms with Gasteiger partial charge in [-0.25, -0.2) is 9.38 Å². The van der Waals surface area contributed by atoms with Gasteiger partial charge >= 0.3 is 6.18 Å². The number of alkyl halides is 3. The molecule has 7 heteroatoms. The zero-order valence-corrected chi connectivity index (χ0v) is 8.46. The topological polar surface area (TPSA) is 47.6 Å². The zero-order valence-electron chi connectivity index (χ0n) is 8.46. The van der Waals surface area contributed by atoms with Gasteiger partial charge in [0.25, 0.3) is 6.02 Å². The van der Waals surface area contributed by atoms with Gasteiger partial charge in [-0.15, -0.1) is 0 Å². The molecule has 1 heterocycles. The highest BCUT2D eigenvalue weighted by Gasteiger charge is 2.38. The molecule has 1 aromatic carbocycles. The minimum atomic E-state index is -4.63. The van der Waals surface area contributed by atoms with Crippen LogP contribution in [0.1, 0.15) is 17.2 Å². The van der Waals surface area contributed by atoms with Crippen LogP contribution < -0.4 is 5.73 Å². The molecule has 1 atom stereocenters. The van der Waals surface area contributed by atoms with E-state index in [1.165, 1.54) is 0 Å². The van der Waals surface area contributed by atoms with E-state index in [-0.39, 0.29) is 12.6 Å². The lowest BCUT2D eigenvalue weighted by molar-refractivity contribution is -0.138. The summed E-state index contributed by atoms with van der Waals surface area (Å²) in [5, 5.41) is 0. The Morgan fingerprint density at radius 3 is 2.59 bits per heavy atom. The van der Waals surface area contributed by atoms with E-state index in [9.17, 15) is 17.6 Å². The minimum Gasteiger partial charge on any atom is -0.463 e. The van der Waals surface area contributed by atoms with Crippen molar-refractivity contribution in [3.63, 3.8) is 0 Å². The molecule has 1 aliphatic heterocycles. The molecule has 0 aliphatic carbocycles. The molecule has 0 aromatic heterocycles. The summed E-state index contributed by atoms with van der Waals surface area (Å²) in [6.45, 7) is -0.185. The fraction of sp³-hybridized carbons (Fsp3) is 0.300. The molecule has 0 saturated heterocycles. The molecule has 3 nitrogen and oxygen atoms in total. The van der Waals surface area contributed by atoms with E-state index in [1.807, 2.05) is 0 Å². The summed E-state index contributed by atoms with van der Waals surface area (Å²) in [7, 11) is 0. The highest BCUT2D eigenvalue weighted by molar-refractivity contribution is 5.73. The molecule has 0 fully saturated rings. The van der Waals surface area contributed by atoms with Gasteiger partial charge in [-0.05, 0) is 12.1 Å². The van der Waals surface area contributed by atoms with Crippen molar-refractivity contribution >= 4 is 6.02 Å². The monoisotopic (exact) mass is 248 g/mol. The number of aliphatic imine (C=N–C) groups is 1. The van der Waals surface area contributed by atoms with Gasteiger partial charge in [0.1, 0.15) is 18.5 Å². The van der Waals surface area contributed by atoms with Crippen LogP contribution in [0.15, 0.2) is 23.2 Å². The molecule has 17 heavy (non-hydrogen) atoms. The first-order valence-corrected chi connectivity index (χ1v) is 4.71. The Balaban J connectivity index is 2.52. The average molecular weight is 248 g/mol. The molecule has 0 spiro atoms. The molecular formula is C10H8F4N2O. The second-order valence-electron chi connectivity index (χ2n) is 3.49. The van der Waals surface area contributed by atoms with Crippen molar-refractivity contribution in [1.82, 2.24) is 0 Å². The molecule has 0 saturated carbocycles. The number of nitrogens with two attached hydrogens (primary N) is 1. The number of ether oxygens (including phenoxy) is 1. The third-order valence-electron chi connectivity index (χ3n) is 2.36. The highest BCUT2D eigenvalue weighted by Crippen LogP contribution is 2.37. The van der Waals surface area contributed by atoms with Crippen LogP contribution in [0.3, 0.4) is 0 Å². The van der Waals surface area contributed by atoms with Crippen LogP contribution in [0, 0.1) is 5.82 Å². The van der Waals surface area contributed by atoms with Crippen molar-refractivity contribution in [2.45, 2.75) is 12.2 Å². The van der Waals surface area contributed by atoms with Gasteiger partial charge in [0.15, 0.2) is 0 Å². The summed E-state index contributed by atoms with van der Waals surface area (Å²) in [5.74, 6) is -0.966. The van der Waals surface area contributed by atoms with E-state index in [1.54, 1.807) is 0 Å². The summed E-state index contributed by atoms with van der Waals surface area (Å²) in [6.07, 6.45) is -4.63. The zero-order chi connectivity index (χ0) is 12.6. The Morgan fingerprint density at radius 2 is 2.06 bits per heavy atom. The van der Waals surface area contributed by atoms with E-state index in [0.717, 1.165) is 18.2 Å². The number of nitrogens with zero attached hydrogens (tertiary/aromatic N) is 1. The summed E-state index contributed by atoms with van der Waals surface area (Å²) in [5.41, 5.74) is 3.62. The van der Waals surface area contributed by atoms with Gasteiger partial charge in [-0.2, -0.15) is 13.2 Å². The summed E-state index contributed by atoms with van der Waals surface area (Å²) < 4.78 is 56.3.